The molecule has 0 aliphatic carbocycles. The third-order valence-corrected chi connectivity index (χ3v) is 4.58. The summed E-state index contributed by atoms with van der Waals surface area (Å²) in [4.78, 5) is 70.6. The van der Waals surface area contributed by atoms with Crippen LogP contribution in [0, 0.1) is 0 Å². The number of aliphatic hydroxyl groups is 1. The highest BCUT2D eigenvalue weighted by atomic mass is 16.4. The molecule has 0 aliphatic heterocycles. The van der Waals surface area contributed by atoms with Crippen molar-refractivity contribution in [1.29, 1.82) is 0 Å². The van der Waals surface area contributed by atoms with Crippen LogP contribution in [-0.4, -0.2) is 86.8 Å². The molecule has 1 aromatic carbocycles. The lowest BCUT2D eigenvalue weighted by molar-refractivity contribution is -0.144. The van der Waals surface area contributed by atoms with Crippen molar-refractivity contribution in [2.45, 2.75) is 43.4 Å². The van der Waals surface area contributed by atoms with Crippen molar-refractivity contribution in [1.82, 2.24) is 16.0 Å². The van der Waals surface area contributed by atoms with Crippen LogP contribution < -0.4 is 27.4 Å². The fraction of sp³-hybridized carbons (Fsp3) is 0.400. The second kappa shape index (κ2) is 13.5. The fourth-order valence-electron chi connectivity index (χ4n) is 2.78. The monoisotopic (exact) mass is 497 g/mol. The molecule has 0 aliphatic rings. The van der Waals surface area contributed by atoms with E-state index in [-0.39, 0.29) is 12.2 Å². The number of carbonyl (C=O) groups is 6. The van der Waals surface area contributed by atoms with Gasteiger partial charge in [0, 0.05) is 0 Å². The molecule has 0 spiro atoms. The number of rotatable bonds is 14. The number of primary amides is 1. The number of nitrogens with one attached hydrogen (secondary N) is 3. The number of carbonyl (C=O) groups excluding carboxylic acids is 4. The van der Waals surface area contributed by atoms with Crippen molar-refractivity contribution in [3.05, 3.63) is 29.8 Å². The summed E-state index contributed by atoms with van der Waals surface area (Å²) in [7, 11) is 0. The summed E-state index contributed by atoms with van der Waals surface area (Å²) in [5.74, 6) is -7.37. The van der Waals surface area contributed by atoms with Crippen LogP contribution in [0.15, 0.2) is 24.3 Å². The molecular formula is C20H27N5O10. The van der Waals surface area contributed by atoms with Gasteiger partial charge in [-0.15, -0.1) is 0 Å². The maximum atomic E-state index is 12.6. The zero-order chi connectivity index (χ0) is 26.7. The molecule has 11 N–H and O–H groups in total. The van der Waals surface area contributed by atoms with Gasteiger partial charge in [0.05, 0.1) is 25.5 Å². The van der Waals surface area contributed by atoms with E-state index in [1.165, 1.54) is 24.3 Å². The van der Waals surface area contributed by atoms with E-state index in [4.69, 9.17) is 21.7 Å². The number of carboxylic acid groups (broad SMARTS) is 2. The molecule has 4 unspecified atom stereocenters. The molecule has 15 heteroatoms. The number of phenolic OH excluding ortho intramolecular Hbond substituents is 1. The minimum absolute atomic E-state index is 0.00302. The van der Waals surface area contributed by atoms with Crippen molar-refractivity contribution >= 4 is 35.6 Å². The van der Waals surface area contributed by atoms with Gasteiger partial charge >= 0.3 is 11.9 Å². The van der Waals surface area contributed by atoms with Crippen LogP contribution >= 0.6 is 0 Å². The molecule has 4 amide bonds. The number of nitrogens with two attached hydrogens (primary N) is 2. The zero-order valence-corrected chi connectivity index (χ0v) is 18.3. The van der Waals surface area contributed by atoms with Gasteiger partial charge in [-0.2, -0.15) is 0 Å². The van der Waals surface area contributed by atoms with Crippen LogP contribution in [0.25, 0.3) is 0 Å². The van der Waals surface area contributed by atoms with E-state index in [9.17, 15) is 39.0 Å². The van der Waals surface area contributed by atoms with Crippen molar-refractivity contribution in [3.8, 4) is 5.75 Å². The molecule has 1 aromatic rings. The first-order valence-corrected chi connectivity index (χ1v) is 10.1. The number of hydrogen-bond acceptors (Lipinski definition) is 9. The molecule has 1 rings (SSSR count). The smallest absolute Gasteiger partial charge is 0.326 e. The van der Waals surface area contributed by atoms with Gasteiger partial charge in [-0.25, -0.2) is 4.79 Å². The summed E-state index contributed by atoms with van der Waals surface area (Å²) < 4.78 is 0. The van der Waals surface area contributed by atoms with E-state index < -0.39 is 79.2 Å². The van der Waals surface area contributed by atoms with E-state index in [1.54, 1.807) is 0 Å². The molecule has 0 aromatic heterocycles. The van der Waals surface area contributed by atoms with E-state index in [0.29, 0.717) is 5.56 Å². The van der Waals surface area contributed by atoms with Crippen LogP contribution in [0.5, 0.6) is 5.75 Å². The van der Waals surface area contributed by atoms with Gasteiger partial charge in [-0.1, -0.05) is 12.1 Å². The van der Waals surface area contributed by atoms with Gasteiger partial charge in [0.25, 0.3) is 0 Å². The third kappa shape index (κ3) is 10.1. The number of carboxylic acids is 2. The summed E-state index contributed by atoms with van der Waals surface area (Å²) in [6.45, 7) is -1.02. The zero-order valence-electron chi connectivity index (χ0n) is 18.3. The van der Waals surface area contributed by atoms with Crippen LogP contribution in [0.3, 0.4) is 0 Å². The molecular weight excluding hydrogens is 470 g/mol. The number of amides is 4. The Bertz CT molecular complexity index is 952. The minimum atomic E-state index is -1.74. The molecule has 0 heterocycles. The maximum absolute atomic E-state index is 12.6. The molecule has 0 bridgehead atoms. The third-order valence-electron chi connectivity index (χ3n) is 4.58. The summed E-state index contributed by atoms with van der Waals surface area (Å²) in [6, 6.07) is -0.611. The molecule has 0 saturated heterocycles. The fourth-order valence-corrected chi connectivity index (χ4v) is 2.78. The number of aliphatic carboxylic acids is 2. The first-order chi connectivity index (χ1) is 16.3. The lowest BCUT2D eigenvalue weighted by Gasteiger charge is -2.23. The molecule has 35 heavy (non-hydrogen) atoms. The predicted octanol–water partition coefficient (Wildman–Crippen LogP) is -3.86. The van der Waals surface area contributed by atoms with Gasteiger partial charge in [-0.05, 0) is 24.1 Å². The summed E-state index contributed by atoms with van der Waals surface area (Å²) in [5, 5.41) is 43.0. The van der Waals surface area contributed by atoms with Crippen molar-refractivity contribution in [2.24, 2.45) is 11.5 Å². The largest absolute Gasteiger partial charge is 0.508 e. The molecule has 0 radical (unpaired) electrons. The van der Waals surface area contributed by atoms with Gasteiger partial charge in [0.2, 0.25) is 23.6 Å². The lowest BCUT2D eigenvalue weighted by atomic mass is 10.0. The number of benzene rings is 1. The Morgan fingerprint density at radius 1 is 0.800 bits per heavy atom. The van der Waals surface area contributed by atoms with Crippen LogP contribution in [0.2, 0.25) is 0 Å². The number of phenols is 1. The van der Waals surface area contributed by atoms with Crippen LogP contribution in [0.4, 0.5) is 0 Å². The van der Waals surface area contributed by atoms with Crippen molar-refractivity contribution in [3.63, 3.8) is 0 Å². The SMILES string of the molecule is NC(=O)CC(NC(=O)C(CO)NC(=O)C(CC(=O)O)NC(=O)C(N)Cc1ccc(O)cc1)C(=O)O. The highest BCUT2D eigenvalue weighted by Crippen LogP contribution is 2.11. The summed E-state index contributed by atoms with van der Waals surface area (Å²) in [6.07, 6.45) is -1.67. The molecule has 15 nitrogen and oxygen atoms in total. The Morgan fingerprint density at radius 2 is 1.31 bits per heavy atom. The topological polar surface area (TPSA) is 271 Å². The van der Waals surface area contributed by atoms with Crippen LogP contribution in [0.1, 0.15) is 18.4 Å². The highest BCUT2D eigenvalue weighted by molar-refractivity contribution is 5.96. The van der Waals surface area contributed by atoms with Gasteiger partial charge in [0.1, 0.15) is 23.9 Å². The Balaban J connectivity index is 2.87. The Kier molecular flexibility index (Phi) is 11.1. The van der Waals surface area contributed by atoms with Crippen LogP contribution in [-0.2, 0) is 35.2 Å². The second-order valence-electron chi connectivity index (χ2n) is 7.45. The van der Waals surface area contributed by atoms with Crippen molar-refractivity contribution in [2.75, 3.05) is 6.61 Å². The Labute approximate surface area is 198 Å². The molecule has 0 saturated carbocycles. The Hall–Kier alpha value is -4.24. The van der Waals surface area contributed by atoms with E-state index in [0.717, 1.165) is 0 Å². The molecule has 4 atom stereocenters. The van der Waals surface area contributed by atoms with E-state index in [1.807, 2.05) is 10.6 Å². The second-order valence-corrected chi connectivity index (χ2v) is 7.45. The number of aromatic hydroxyl groups is 1. The average Bonchev–Trinajstić information content (AvgIpc) is 2.76. The lowest BCUT2D eigenvalue weighted by Crippen LogP contribution is -2.58. The van der Waals surface area contributed by atoms with Gasteiger partial charge < -0.3 is 47.8 Å². The highest BCUT2D eigenvalue weighted by Gasteiger charge is 2.31. The average molecular weight is 497 g/mol. The molecule has 0 fully saturated rings. The first kappa shape index (κ1) is 28.8. The molecule has 192 valence electrons. The first-order valence-electron chi connectivity index (χ1n) is 10.1. The van der Waals surface area contributed by atoms with Crippen molar-refractivity contribution < 1.29 is 49.2 Å². The summed E-state index contributed by atoms with van der Waals surface area (Å²) >= 11 is 0. The summed E-state index contributed by atoms with van der Waals surface area (Å²) in [5.41, 5.74) is 11.3. The standard InChI is InChI=1S/C20H27N5O10/c21-11(5-9-1-3-10(27)4-2-9)17(31)23-12(7-16(29)30)18(32)25-14(8-26)19(33)24-13(20(34)35)6-15(22)28/h1-4,11-14,26-27H,5-8,21H2,(H2,22,28)(H,23,31)(H,24,33)(H,25,32)(H,29,30)(H,34,35). The number of hydrogen-bond donors (Lipinski definition) is 9. The van der Waals surface area contributed by atoms with E-state index >= 15 is 0 Å². The predicted molar refractivity (Wildman–Crippen MR) is 116 cm³/mol. The normalized spacial score (nSPS) is 14.0. The van der Waals surface area contributed by atoms with Gasteiger partial charge in [-0.3, -0.25) is 24.0 Å². The quantitative estimate of drug-likeness (QED) is 0.120. The van der Waals surface area contributed by atoms with Gasteiger partial charge in [0.15, 0.2) is 0 Å². The minimum Gasteiger partial charge on any atom is -0.508 e. The Morgan fingerprint density at radius 3 is 1.80 bits per heavy atom. The van der Waals surface area contributed by atoms with E-state index in [2.05, 4.69) is 5.32 Å². The maximum Gasteiger partial charge on any atom is 0.326 e. The number of aliphatic hydroxyl groups excluding tert-OH is 1.